The first-order valence-corrected chi connectivity index (χ1v) is 8.13. The molecule has 1 unspecified atom stereocenters. The molecule has 112 valence electrons. The molecule has 19 heavy (non-hydrogen) atoms. The second kappa shape index (κ2) is 14.1. The molecule has 0 spiro atoms. The molecule has 0 N–H and O–H groups in total. The van der Waals surface area contributed by atoms with Gasteiger partial charge in [-0.3, -0.25) is 0 Å². The molecular weight excluding hydrogens is 308 g/mol. The van der Waals surface area contributed by atoms with E-state index in [0.29, 0.717) is 24.6 Å². The van der Waals surface area contributed by atoms with E-state index < -0.39 is 5.97 Å². The van der Waals surface area contributed by atoms with Crippen molar-refractivity contribution in [3.63, 3.8) is 0 Å². The molecule has 0 rings (SSSR count). The number of carbonyl (C=O) groups is 1. The minimum Gasteiger partial charge on any atom is -0.460 e. The summed E-state index contributed by atoms with van der Waals surface area (Å²) in [7, 11) is 0. The van der Waals surface area contributed by atoms with Gasteiger partial charge >= 0.3 is 5.97 Å². The minimum absolute atomic E-state index is 0.293. The molecule has 0 radical (unpaired) electrons. The molecule has 0 aromatic carbocycles. The maximum Gasteiger partial charge on any atom is 0.330 e. The van der Waals surface area contributed by atoms with Crippen molar-refractivity contribution < 1.29 is 14.3 Å². The van der Waals surface area contributed by atoms with E-state index in [0.717, 1.165) is 12.5 Å². The van der Waals surface area contributed by atoms with Gasteiger partial charge in [-0.15, -0.1) is 0 Å². The number of hydrogen-bond donors (Lipinski definition) is 0. The van der Waals surface area contributed by atoms with Crippen LogP contribution in [-0.2, 0) is 14.3 Å². The lowest BCUT2D eigenvalue weighted by Gasteiger charge is -2.10. The van der Waals surface area contributed by atoms with Gasteiger partial charge in [0.2, 0.25) is 0 Å². The number of hydrogen-bond acceptors (Lipinski definition) is 3. The zero-order valence-electron chi connectivity index (χ0n) is 12.0. The summed E-state index contributed by atoms with van der Waals surface area (Å²) in [5.74, 6) is -0.397. The van der Waals surface area contributed by atoms with Crippen molar-refractivity contribution in [2.24, 2.45) is 0 Å². The molecule has 0 aliphatic rings. The maximum absolute atomic E-state index is 10.8. The Morgan fingerprint density at radius 1 is 1.21 bits per heavy atom. The van der Waals surface area contributed by atoms with Crippen molar-refractivity contribution in [1.29, 1.82) is 0 Å². The number of alkyl halides is 1. The van der Waals surface area contributed by atoms with Gasteiger partial charge in [0.15, 0.2) is 0 Å². The lowest BCUT2D eigenvalue weighted by Crippen LogP contribution is -2.13. The van der Waals surface area contributed by atoms with E-state index in [9.17, 15) is 4.79 Å². The minimum atomic E-state index is -0.397. The summed E-state index contributed by atoms with van der Waals surface area (Å²) in [5.41, 5.74) is 0. The van der Waals surface area contributed by atoms with E-state index in [1.807, 2.05) is 0 Å². The molecule has 0 bridgehead atoms. The Kier molecular flexibility index (Phi) is 13.8. The van der Waals surface area contributed by atoms with E-state index in [4.69, 9.17) is 9.47 Å². The molecule has 3 nitrogen and oxygen atoms in total. The lowest BCUT2D eigenvalue weighted by atomic mass is 10.1. The predicted octanol–water partition coefficient (Wildman–Crippen LogP) is 4.25. The fraction of sp³-hybridized carbons (Fsp3) is 0.800. The number of rotatable bonds is 13. The van der Waals surface area contributed by atoms with Crippen molar-refractivity contribution in [3.8, 4) is 0 Å². The van der Waals surface area contributed by atoms with Crippen LogP contribution in [0.5, 0.6) is 0 Å². The number of carbonyl (C=O) groups excluding carboxylic acids is 1. The van der Waals surface area contributed by atoms with Gasteiger partial charge < -0.3 is 9.47 Å². The quantitative estimate of drug-likeness (QED) is 0.218. The average molecular weight is 335 g/mol. The first-order valence-electron chi connectivity index (χ1n) is 7.21. The normalized spacial score (nSPS) is 12.1. The van der Waals surface area contributed by atoms with Gasteiger partial charge in [-0.05, 0) is 6.42 Å². The number of halogens is 1. The van der Waals surface area contributed by atoms with Crippen molar-refractivity contribution in [3.05, 3.63) is 12.7 Å². The SMILES string of the molecule is C=CC(=O)OCCOCC(Br)CCCCCCCC. The summed E-state index contributed by atoms with van der Waals surface area (Å²) >= 11 is 3.61. The number of unbranched alkanes of at least 4 members (excludes halogenated alkanes) is 5. The van der Waals surface area contributed by atoms with Crippen LogP contribution in [0, 0.1) is 0 Å². The largest absolute Gasteiger partial charge is 0.460 e. The summed E-state index contributed by atoms with van der Waals surface area (Å²) in [6, 6.07) is 0. The standard InChI is InChI=1S/C15H27BrO3/c1-3-5-6-7-8-9-10-14(16)13-18-11-12-19-15(17)4-2/h4,14H,2-3,5-13H2,1H3. The maximum atomic E-state index is 10.8. The van der Waals surface area contributed by atoms with E-state index in [-0.39, 0.29) is 0 Å². The van der Waals surface area contributed by atoms with E-state index >= 15 is 0 Å². The molecule has 1 atom stereocenters. The molecule has 0 fully saturated rings. The zero-order chi connectivity index (χ0) is 14.3. The van der Waals surface area contributed by atoms with Crippen molar-refractivity contribution in [1.82, 2.24) is 0 Å². The summed E-state index contributed by atoms with van der Waals surface area (Å²) in [6.45, 7) is 6.96. The molecular formula is C15H27BrO3. The first kappa shape index (κ1) is 18.7. The van der Waals surface area contributed by atoms with Gasteiger partial charge in [-0.2, -0.15) is 0 Å². The van der Waals surface area contributed by atoms with Gasteiger partial charge in [-0.25, -0.2) is 4.79 Å². The van der Waals surface area contributed by atoms with E-state index in [2.05, 4.69) is 29.4 Å². The Balaban J connectivity index is 3.23. The topological polar surface area (TPSA) is 35.5 Å². The Morgan fingerprint density at radius 3 is 2.58 bits per heavy atom. The van der Waals surface area contributed by atoms with Crippen LogP contribution in [0.2, 0.25) is 0 Å². The van der Waals surface area contributed by atoms with Gasteiger partial charge in [0.25, 0.3) is 0 Å². The van der Waals surface area contributed by atoms with Gasteiger partial charge in [0.1, 0.15) is 6.61 Å². The highest BCUT2D eigenvalue weighted by atomic mass is 79.9. The number of ether oxygens (including phenoxy) is 2. The third-order valence-electron chi connectivity index (χ3n) is 2.81. The van der Waals surface area contributed by atoms with Crippen LogP contribution >= 0.6 is 15.9 Å². The lowest BCUT2D eigenvalue weighted by molar-refractivity contribution is -0.139. The van der Waals surface area contributed by atoms with Crippen LogP contribution in [0.3, 0.4) is 0 Å². The molecule has 0 saturated heterocycles. The molecule has 0 aliphatic carbocycles. The van der Waals surface area contributed by atoms with Crippen LogP contribution in [0.15, 0.2) is 12.7 Å². The van der Waals surface area contributed by atoms with E-state index in [1.165, 1.54) is 38.5 Å². The summed E-state index contributed by atoms with van der Waals surface area (Å²) in [4.78, 5) is 11.2. The van der Waals surface area contributed by atoms with Crippen LogP contribution in [0.1, 0.15) is 51.9 Å². The summed E-state index contributed by atoms with van der Waals surface area (Å²) in [5, 5.41) is 0. The Bertz CT molecular complexity index is 231. The Morgan fingerprint density at radius 2 is 1.89 bits per heavy atom. The van der Waals surface area contributed by atoms with Crippen molar-refractivity contribution >= 4 is 21.9 Å². The molecule has 0 aromatic rings. The third-order valence-corrected chi connectivity index (χ3v) is 3.53. The summed E-state index contributed by atoms with van der Waals surface area (Å²) in [6.07, 6.45) is 10.2. The Hall–Kier alpha value is -0.350. The fourth-order valence-corrected chi connectivity index (χ4v) is 2.21. The second-order valence-electron chi connectivity index (χ2n) is 4.60. The van der Waals surface area contributed by atoms with Gasteiger partial charge in [0, 0.05) is 10.9 Å². The highest BCUT2D eigenvalue weighted by molar-refractivity contribution is 9.09. The zero-order valence-corrected chi connectivity index (χ0v) is 13.6. The average Bonchev–Trinajstić information content (AvgIpc) is 2.42. The predicted molar refractivity (Wildman–Crippen MR) is 82.7 cm³/mol. The molecule has 0 heterocycles. The molecule has 4 heteroatoms. The molecule has 0 amide bonds. The highest BCUT2D eigenvalue weighted by Gasteiger charge is 2.04. The smallest absolute Gasteiger partial charge is 0.330 e. The van der Waals surface area contributed by atoms with Crippen molar-refractivity contribution in [2.75, 3.05) is 19.8 Å². The van der Waals surface area contributed by atoms with Crippen LogP contribution in [-0.4, -0.2) is 30.6 Å². The summed E-state index contributed by atoms with van der Waals surface area (Å²) < 4.78 is 10.2. The van der Waals surface area contributed by atoms with E-state index in [1.54, 1.807) is 0 Å². The second-order valence-corrected chi connectivity index (χ2v) is 5.90. The van der Waals surface area contributed by atoms with Gasteiger partial charge in [0.05, 0.1) is 13.2 Å². The number of esters is 1. The monoisotopic (exact) mass is 334 g/mol. The Labute approximate surface area is 125 Å². The highest BCUT2D eigenvalue weighted by Crippen LogP contribution is 2.13. The molecule has 0 aromatic heterocycles. The van der Waals surface area contributed by atoms with Crippen LogP contribution in [0.25, 0.3) is 0 Å². The third kappa shape index (κ3) is 13.9. The van der Waals surface area contributed by atoms with Crippen molar-refractivity contribution in [2.45, 2.75) is 56.7 Å². The van der Waals surface area contributed by atoms with Crippen LogP contribution in [0.4, 0.5) is 0 Å². The first-order chi connectivity index (χ1) is 9.20. The van der Waals surface area contributed by atoms with Crippen LogP contribution < -0.4 is 0 Å². The molecule has 0 aliphatic heterocycles. The fourth-order valence-electron chi connectivity index (χ4n) is 1.70. The molecule has 0 saturated carbocycles. The van der Waals surface area contributed by atoms with Gasteiger partial charge in [-0.1, -0.05) is 68.0 Å².